The van der Waals surface area contributed by atoms with Crippen molar-refractivity contribution in [3.63, 3.8) is 0 Å². The van der Waals surface area contributed by atoms with E-state index in [2.05, 4.69) is 20.4 Å². The molecule has 3 aromatic heterocycles. The summed E-state index contributed by atoms with van der Waals surface area (Å²) in [7, 11) is 0. The average Bonchev–Trinajstić information content (AvgIpc) is 2.97. The Hall–Kier alpha value is -3.22. The highest BCUT2D eigenvalue weighted by Crippen LogP contribution is 2.17. The molecule has 0 fully saturated rings. The molecule has 0 saturated carbocycles. The van der Waals surface area contributed by atoms with Crippen molar-refractivity contribution in [3.05, 3.63) is 65.2 Å². The predicted molar refractivity (Wildman–Crippen MR) is 102 cm³/mol. The number of hydrogen-bond donors (Lipinski definition) is 1. The maximum Gasteiger partial charge on any atom is 0.252 e. The number of ether oxygens (including phenoxy) is 1. The number of carbonyl (C=O) groups excluding carboxylic acids is 1. The van der Waals surface area contributed by atoms with Crippen LogP contribution in [0, 0.1) is 13.8 Å². The molecule has 0 bridgehead atoms. The zero-order valence-corrected chi connectivity index (χ0v) is 15.8. The number of amides is 1. The van der Waals surface area contributed by atoms with E-state index in [-0.39, 0.29) is 5.91 Å². The first-order chi connectivity index (χ1) is 13.1. The molecule has 0 aliphatic heterocycles. The summed E-state index contributed by atoms with van der Waals surface area (Å²) in [6.45, 7) is 6.94. The van der Waals surface area contributed by atoms with Gasteiger partial charge in [-0.25, -0.2) is 14.6 Å². The summed E-state index contributed by atoms with van der Waals surface area (Å²) in [6.07, 6.45) is 3.97. The summed E-state index contributed by atoms with van der Waals surface area (Å²) in [5, 5.41) is 7.51. The molecule has 0 aliphatic rings. The Bertz CT molecular complexity index is 904. The van der Waals surface area contributed by atoms with Crippen LogP contribution in [0.25, 0.3) is 5.82 Å². The quantitative estimate of drug-likeness (QED) is 0.696. The largest absolute Gasteiger partial charge is 0.478 e. The predicted octanol–water partition coefficient (Wildman–Crippen LogP) is 2.65. The number of hydrogen-bond acceptors (Lipinski definition) is 5. The highest BCUT2D eigenvalue weighted by molar-refractivity contribution is 5.93. The van der Waals surface area contributed by atoms with Gasteiger partial charge in [-0.1, -0.05) is 6.07 Å². The summed E-state index contributed by atoms with van der Waals surface area (Å²) >= 11 is 0. The third-order valence-electron chi connectivity index (χ3n) is 4.26. The standard InChI is InChI=1S/C20H23N5O2/c1-4-27-19-9-8-16(13-23-19)20(26)22-12-10-17-14(2)24-25(15(17)3)18-7-5-6-11-21-18/h5-9,11,13H,4,10,12H2,1-3H3,(H,22,26). The van der Waals surface area contributed by atoms with Crippen molar-refractivity contribution in [1.82, 2.24) is 25.1 Å². The van der Waals surface area contributed by atoms with Crippen molar-refractivity contribution >= 4 is 5.91 Å². The van der Waals surface area contributed by atoms with E-state index in [0.29, 0.717) is 31.0 Å². The number of aromatic nitrogens is 4. The normalized spacial score (nSPS) is 10.6. The first-order valence-electron chi connectivity index (χ1n) is 8.93. The Balaban J connectivity index is 1.62. The van der Waals surface area contributed by atoms with Crippen LogP contribution in [0.2, 0.25) is 0 Å². The number of pyridine rings is 2. The molecule has 7 heteroatoms. The van der Waals surface area contributed by atoms with Crippen LogP contribution < -0.4 is 10.1 Å². The van der Waals surface area contributed by atoms with E-state index in [1.165, 1.54) is 6.20 Å². The topological polar surface area (TPSA) is 81.9 Å². The molecule has 0 aliphatic carbocycles. The number of carbonyl (C=O) groups is 1. The minimum absolute atomic E-state index is 0.155. The maximum absolute atomic E-state index is 12.3. The molecule has 1 N–H and O–H groups in total. The highest BCUT2D eigenvalue weighted by atomic mass is 16.5. The highest BCUT2D eigenvalue weighted by Gasteiger charge is 2.14. The molecule has 3 heterocycles. The van der Waals surface area contributed by atoms with E-state index in [1.54, 1.807) is 18.3 Å². The maximum atomic E-state index is 12.3. The number of nitrogens with one attached hydrogen (secondary N) is 1. The smallest absolute Gasteiger partial charge is 0.252 e. The minimum atomic E-state index is -0.155. The lowest BCUT2D eigenvalue weighted by Crippen LogP contribution is -2.26. The molecule has 0 spiro atoms. The van der Waals surface area contributed by atoms with E-state index < -0.39 is 0 Å². The number of nitrogens with zero attached hydrogens (tertiary/aromatic N) is 4. The third kappa shape index (κ3) is 4.31. The zero-order chi connectivity index (χ0) is 19.2. The summed E-state index contributed by atoms with van der Waals surface area (Å²) in [4.78, 5) is 20.7. The van der Waals surface area contributed by atoms with Crippen molar-refractivity contribution in [1.29, 1.82) is 0 Å². The van der Waals surface area contributed by atoms with E-state index in [0.717, 1.165) is 22.8 Å². The Kier molecular flexibility index (Phi) is 5.80. The number of aryl methyl sites for hydroxylation is 1. The fraction of sp³-hybridized carbons (Fsp3) is 0.300. The van der Waals surface area contributed by atoms with E-state index in [9.17, 15) is 4.79 Å². The van der Waals surface area contributed by atoms with Gasteiger partial charge in [-0.2, -0.15) is 5.10 Å². The van der Waals surface area contributed by atoms with Gasteiger partial charge >= 0.3 is 0 Å². The monoisotopic (exact) mass is 365 g/mol. The summed E-state index contributed by atoms with van der Waals surface area (Å²) < 4.78 is 7.12. The molecule has 7 nitrogen and oxygen atoms in total. The van der Waals surface area contributed by atoms with Gasteiger partial charge in [0.05, 0.1) is 17.9 Å². The molecule has 0 atom stereocenters. The van der Waals surface area contributed by atoms with Crippen molar-refractivity contribution in [3.8, 4) is 11.7 Å². The van der Waals surface area contributed by atoms with Crippen molar-refractivity contribution in [2.45, 2.75) is 27.2 Å². The lowest BCUT2D eigenvalue weighted by Gasteiger charge is -2.07. The molecule has 3 rings (SSSR count). The molecule has 27 heavy (non-hydrogen) atoms. The molecule has 140 valence electrons. The summed E-state index contributed by atoms with van der Waals surface area (Å²) in [5.74, 6) is 1.15. The van der Waals surface area contributed by atoms with Crippen LogP contribution in [0.1, 0.15) is 34.2 Å². The van der Waals surface area contributed by atoms with Crippen LogP contribution in [0.5, 0.6) is 5.88 Å². The van der Waals surface area contributed by atoms with Gasteiger partial charge in [0.25, 0.3) is 5.91 Å². The van der Waals surface area contributed by atoms with Crippen LogP contribution in [-0.2, 0) is 6.42 Å². The van der Waals surface area contributed by atoms with Gasteiger partial charge < -0.3 is 10.1 Å². The second-order valence-corrected chi connectivity index (χ2v) is 6.07. The Morgan fingerprint density at radius 2 is 2.04 bits per heavy atom. The van der Waals surface area contributed by atoms with Gasteiger partial charge in [0.1, 0.15) is 0 Å². The second-order valence-electron chi connectivity index (χ2n) is 6.07. The van der Waals surface area contributed by atoms with Crippen LogP contribution in [0.15, 0.2) is 42.7 Å². The lowest BCUT2D eigenvalue weighted by atomic mass is 10.1. The first-order valence-corrected chi connectivity index (χ1v) is 8.93. The van der Waals surface area contributed by atoms with Crippen LogP contribution in [0.3, 0.4) is 0 Å². The first kappa shape index (κ1) is 18.6. The van der Waals surface area contributed by atoms with Crippen LogP contribution in [-0.4, -0.2) is 38.8 Å². The van der Waals surface area contributed by atoms with Gasteiger partial charge in [-0.3, -0.25) is 4.79 Å². The number of rotatable bonds is 7. The zero-order valence-electron chi connectivity index (χ0n) is 15.8. The molecule has 3 aromatic rings. The van der Waals surface area contributed by atoms with Gasteiger partial charge in [-0.05, 0) is 51.0 Å². The SMILES string of the molecule is CCOc1ccc(C(=O)NCCc2c(C)nn(-c3ccccn3)c2C)cn1. The molecule has 0 radical (unpaired) electrons. The van der Waals surface area contributed by atoms with Crippen molar-refractivity contribution in [2.24, 2.45) is 0 Å². The van der Waals surface area contributed by atoms with E-state index in [1.807, 2.05) is 43.7 Å². The Labute approximate surface area is 158 Å². The molecular formula is C20H23N5O2. The molecule has 0 saturated heterocycles. The van der Waals surface area contributed by atoms with Crippen LogP contribution in [0.4, 0.5) is 0 Å². The van der Waals surface area contributed by atoms with E-state index in [4.69, 9.17) is 4.74 Å². The molecular weight excluding hydrogens is 342 g/mol. The third-order valence-corrected chi connectivity index (χ3v) is 4.26. The average molecular weight is 365 g/mol. The fourth-order valence-corrected chi connectivity index (χ4v) is 2.89. The van der Waals surface area contributed by atoms with Gasteiger partial charge in [0.2, 0.25) is 5.88 Å². The molecule has 0 unspecified atom stereocenters. The fourth-order valence-electron chi connectivity index (χ4n) is 2.89. The van der Waals surface area contributed by atoms with Crippen molar-refractivity contribution in [2.75, 3.05) is 13.2 Å². The molecule has 0 aromatic carbocycles. The van der Waals surface area contributed by atoms with Crippen LogP contribution >= 0.6 is 0 Å². The van der Waals surface area contributed by atoms with E-state index >= 15 is 0 Å². The Morgan fingerprint density at radius 1 is 1.19 bits per heavy atom. The molecule has 1 amide bonds. The minimum Gasteiger partial charge on any atom is -0.478 e. The second kappa shape index (κ2) is 8.44. The lowest BCUT2D eigenvalue weighted by molar-refractivity contribution is 0.0953. The summed E-state index contributed by atoms with van der Waals surface area (Å²) in [6, 6.07) is 9.14. The van der Waals surface area contributed by atoms with Crippen molar-refractivity contribution < 1.29 is 9.53 Å². The van der Waals surface area contributed by atoms with Gasteiger partial charge in [0.15, 0.2) is 5.82 Å². The van der Waals surface area contributed by atoms with Gasteiger partial charge in [-0.15, -0.1) is 0 Å². The summed E-state index contributed by atoms with van der Waals surface area (Å²) in [5.41, 5.74) is 3.60. The Morgan fingerprint density at radius 3 is 2.70 bits per heavy atom. The van der Waals surface area contributed by atoms with Gasteiger partial charge in [0, 0.05) is 30.7 Å².